The van der Waals surface area contributed by atoms with Gasteiger partial charge in [0, 0.05) is 4.88 Å². The van der Waals surface area contributed by atoms with Crippen molar-refractivity contribution in [2.24, 2.45) is 5.92 Å². The third-order valence-electron chi connectivity index (χ3n) is 5.25. The summed E-state index contributed by atoms with van der Waals surface area (Å²) in [5.74, 6) is 0.0527. The molecule has 1 unspecified atom stereocenters. The van der Waals surface area contributed by atoms with Crippen LogP contribution in [0, 0.1) is 5.92 Å². The maximum Gasteiger partial charge on any atom is 0.341 e. The van der Waals surface area contributed by atoms with Gasteiger partial charge in [0.1, 0.15) is 5.00 Å². The SMILES string of the molecule is CCOC(=O)c1c(NS(=O)(=O)c2ccc3ccccc3c2)sc2c1CCC(C)C2. The first-order valence-electron chi connectivity index (χ1n) is 9.72. The van der Waals surface area contributed by atoms with Gasteiger partial charge in [-0.15, -0.1) is 11.3 Å². The van der Waals surface area contributed by atoms with Crippen LogP contribution in [0.3, 0.4) is 0 Å². The first-order valence-corrected chi connectivity index (χ1v) is 12.0. The first-order chi connectivity index (χ1) is 13.9. The second-order valence-electron chi connectivity index (χ2n) is 7.39. The largest absolute Gasteiger partial charge is 0.462 e. The molecular weight excluding hydrogens is 406 g/mol. The van der Waals surface area contributed by atoms with E-state index in [-0.39, 0.29) is 11.5 Å². The van der Waals surface area contributed by atoms with Crippen LogP contribution in [0.15, 0.2) is 47.4 Å². The second-order valence-corrected chi connectivity index (χ2v) is 10.2. The van der Waals surface area contributed by atoms with Crippen LogP contribution in [0.1, 0.15) is 41.1 Å². The molecule has 1 aliphatic rings. The number of carbonyl (C=O) groups excluding carboxylic acids is 1. The highest BCUT2D eigenvalue weighted by Gasteiger charge is 2.30. The standard InChI is InChI=1S/C22H23NO4S2/c1-3-27-22(24)20-18-11-8-14(2)12-19(18)28-21(20)23-29(25,26)17-10-9-15-6-4-5-7-16(15)13-17/h4-7,9-10,13-14,23H,3,8,11-12H2,1-2H3. The molecule has 1 N–H and O–H groups in total. The van der Waals surface area contributed by atoms with Crippen LogP contribution in [0.4, 0.5) is 5.00 Å². The summed E-state index contributed by atoms with van der Waals surface area (Å²) in [6.45, 7) is 4.17. The molecule has 4 rings (SSSR count). The number of hydrogen-bond donors (Lipinski definition) is 1. The first kappa shape index (κ1) is 19.9. The summed E-state index contributed by atoms with van der Waals surface area (Å²) >= 11 is 1.35. The van der Waals surface area contributed by atoms with Crippen molar-refractivity contribution in [2.45, 2.75) is 38.0 Å². The fourth-order valence-electron chi connectivity index (χ4n) is 3.76. The molecule has 1 aromatic heterocycles. The summed E-state index contributed by atoms with van der Waals surface area (Å²) in [6.07, 6.45) is 2.59. The summed E-state index contributed by atoms with van der Waals surface area (Å²) in [5.41, 5.74) is 1.31. The molecule has 29 heavy (non-hydrogen) atoms. The molecule has 1 aliphatic carbocycles. The highest BCUT2D eigenvalue weighted by Crippen LogP contribution is 2.41. The molecule has 5 nitrogen and oxygen atoms in total. The Hall–Kier alpha value is -2.38. The second kappa shape index (κ2) is 7.80. The minimum Gasteiger partial charge on any atom is -0.462 e. The summed E-state index contributed by atoms with van der Waals surface area (Å²) in [4.78, 5) is 13.9. The van der Waals surface area contributed by atoms with Crippen LogP contribution in [-0.4, -0.2) is 21.0 Å². The van der Waals surface area contributed by atoms with Gasteiger partial charge in [-0.2, -0.15) is 0 Å². The summed E-state index contributed by atoms with van der Waals surface area (Å²) in [7, 11) is -3.84. The van der Waals surface area contributed by atoms with Gasteiger partial charge in [-0.05, 0) is 60.6 Å². The van der Waals surface area contributed by atoms with Gasteiger partial charge in [-0.3, -0.25) is 4.72 Å². The van der Waals surface area contributed by atoms with Crippen LogP contribution < -0.4 is 4.72 Å². The molecule has 2 aromatic carbocycles. The van der Waals surface area contributed by atoms with E-state index in [2.05, 4.69) is 11.6 Å². The molecule has 0 radical (unpaired) electrons. The molecule has 0 amide bonds. The number of fused-ring (bicyclic) bond motifs is 2. The van der Waals surface area contributed by atoms with Crippen molar-refractivity contribution < 1.29 is 17.9 Å². The van der Waals surface area contributed by atoms with E-state index in [1.165, 1.54) is 11.3 Å². The number of sulfonamides is 1. The van der Waals surface area contributed by atoms with Gasteiger partial charge in [-0.1, -0.05) is 37.3 Å². The Morgan fingerprint density at radius 2 is 1.97 bits per heavy atom. The van der Waals surface area contributed by atoms with Gasteiger partial charge in [0.2, 0.25) is 0 Å². The van der Waals surface area contributed by atoms with Crippen molar-refractivity contribution in [3.63, 3.8) is 0 Å². The molecule has 152 valence electrons. The van der Waals surface area contributed by atoms with E-state index in [1.807, 2.05) is 24.3 Å². The molecule has 0 fully saturated rings. The minimum absolute atomic E-state index is 0.172. The normalized spacial score (nSPS) is 16.4. The number of thiophene rings is 1. The summed E-state index contributed by atoms with van der Waals surface area (Å²) in [6, 6.07) is 12.6. The van der Waals surface area contributed by atoms with Crippen LogP contribution in [0.2, 0.25) is 0 Å². The maximum atomic E-state index is 13.1. The summed E-state index contributed by atoms with van der Waals surface area (Å²) in [5, 5.41) is 2.18. The van der Waals surface area contributed by atoms with Gasteiger partial charge >= 0.3 is 5.97 Å². The molecule has 7 heteroatoms. The number of nitrogens with one attached hydrogen (secondary N) is 1. The lowest BCUT2D eigenvalue weighted by atomic mass is 9.88. The molecule has 0 aliphatic heterocycles. The monoisotopic (exact) mass is 429 g/mol. The van der Waals surface area contributed by atoms with Crippen molar-refractivity contribution in [2.75, 3.05) is 11.3 Å². The van der Waals surface area contributed by atoms with Crippen molar-refractivity contribution in [3.8, 4) is 0 Å². The Morgan fingerprint density at radius 1 is 1.21 bits per heavy atom. The third-order valence-corrected chi connectivity index (χ3v) is 7.90. The maximum absolute atomic E-state index is 13.1. The lowest BCUT2D eigenvalue weighted by Crippen LogP contribution is -2.17. The fraction of sp³-hybridized carbons (Fsp3) is 0.318. The Balaban J connectivity index is 1.74. The van der Waals surface area contributed by atoms with E-state index in [0.29, 0.717) is 16.5 Å². The topological polar surface area (TPSA) is 72.5 Å². The molecule has 3 aromatic rings. The van der Waals surface area contributed by atoms with Gasteiger partial charge < -0.3 is 4.74 Å². The van der Waals surface area contributed by atoms with E-state index in [1.54, 1.807) is 25.1 Å². The fourth-order valence-corrected chi connectivity index (χ4v) is 6.50. The van der Waals surface area contributed by atoms with Gasteiger partial charge in [-0.25, -0.2) is 13.2 Å². The Kier molecular flexibility index (Phi) is 5.36. The number of carbonyl (C=O) groups is 1. The number of ether oxygens (including phenoxy) is 1. The lowest BCUT2D eigenvalue weighted by Gasteiger charge is -2.18. The molecule has 1 heterocycles. The van der Waals surface area contributed by atoms with Crippen molar-refractivity contribution in [1.29, 1.82) is 0 Å². The quantitative estimate of drug-likeness (QED) is 0.579. The van der Waals surface area contributed by atoms with Crippen LogP contribution in [-0.2, 0) is 27.6 Å². The van der Waals surface area contributed by atoms with Crippen molar-refractivity contribution in [3.05, 3.63) is 58.5 Å². The highest BCUT2D eigenvalue weighted by atomic mass is 32.2. The van der Waals surface area contributed by atoms with E-state index in [4.69, 9.17) is 4.74 Å². The number of anilines is 1. The lowest BCUT2D eigenvalue weighted by molar-refractivity contribution is 0.0526. The van der Waals surface area contributed by atoms with Crippen LogP contribution in [0.25, 0.3) is 10.8 Å². The highest BCUT2D eigenvalue weighted by molar-refractivity contribution is 7.93. The van der Waals surface area contributed by atoms with Gasteiger partial charge in [0.05, 0.1) is 17.1 Å². The predicted molar refractivity (Wildman–Crippen MR) is 116 cm³/mol. The number of rotatable bonds is 5. The van der Waals surface area contributed by atoms with E-state index in [0.717, 1.165) is 40.5 Å². The molecule has 1 atom stereocenters. The zero-order valence-corrected chi connectivity index (χ0v) is 18.0. The van der Waals surface area contributed by atoms with E-state index in [9.17, 15) is 13.2 Å². The van der Waals surface area contributed by atoms with E-state index >= 15 is 0 Å². The van der Waals surface area contributed by atoms with Crippen molar-refractivity contribution >= 4 is 43.1 Å². The Bertz CT molecular complexity index is 1180. The average molecular weight is 430 g/mol. The number of hydrogen-bond acceptors (Lipinski definition) is 5. The summed E-state index contributed by atoms with van der Waals surface area (Å²) < 4.78 is 34.1. The number of benzene rings is 2. The van der Waals surface area contributed by atoms with Crippen LogP contribution in [0.5, 0.6) is 0 Å². The van der Waals surface area contributed by atoms with Crippen molar-refractivity contribution in [1.82, 2.24) is 0 Å². The molecule has 0 saturated heterocycles. The average Bonchev–Trinajstić information content (AvgIpc) is 3.03. The van der Waals surface area contributed by atoms with Crippen LogP contribution >= 0.6 is 11.3 Å². The predicted octanol–water partition coefficient (Wildman–Crippen LogP) is 5.00. The molecule has 0 saturated carbocycles. The van der Waals surface area contributed by atoms with Gasteiger partial charge in [0.25, 0.3) is 10.0 Å². The Morgan fingerprint density at radius 3 is 2.72 bits per heavy atom. The van der Waals surface area contributed by atoms with Gasteiger partial charge in [0.15, 0.2) is 0 Å². The molecule has 0 spiro atoms. The zero-order chi connectivity index (χ0) is 20.6. The van der Waals surface area contributed by atoms with E-state index < -0.39 is 16.0 Å². The smallest absolute Gasteiger partial charge is 0.341 e. The number of esters is 1. The Labute approximate surface area is 174 Å². The zero-order valence-electron chi connectivity index (χ0n) is 16.4. The minimum atomic E-state index is -3.84. The molecular formula is C22H23NO4S2. The molecule has 0 bridgehead atoms. The third kappa shape index (κ3) is 3.89.